The first-order chi connectivity index (χ1) is 13.5. The molecule has 1 aromatic carbocycles. The van der Waals surface area contributed by atoms with Crippen molar-refractivity contribution in [3.05, 3.63) is 29.8 Å². The van der Waals surface area contributed by atoms with Crippen molar-refractivity contribution in [2.24, 2.45) is 10.9 Å². The maximum absolute atomic E-state index is 12.1. The Hall–Kier alpha value is -2.12. The standard InChI is InChI=1S/C21H37N5O2/c1-6-17(2)20(27)25-19-10-7-9-18(15-19)16-24-21(22-3)23-11-13-26(4)12-8-14-28-5/h7,9-10,15,17H,6,8,11-14,16H2,1-5H3,(H,25,27)(H2,22,23,24). The maximum Gasteiger partial charge on any atom is 0.227 e. The van der Waals surface area contributed by atoms with Crippen LogP contribution in [0.2, 0.25) is 0 Å². The Morgan fingerprint density at radius 3 is 2.75 bits per heavy atom. The van der Waals surface area contributed by atoms with E-state index in [-0.39, 0.29) is 11.8 Å². The Balaban J connectivity index is 2.41. The van der Waals surface area contributed by atoms with Crippen LogP contribution in [0.5, 0.6) is 0 Å². The van der Waals surface area contributed by atoms with Crippen LogP contribution < -0.4 is 16.0 Å². The number of benzene rings is 1. The lowest BCUT2D eigenvalue weighted by atomic mass is 10.1. The van der Waals surface area contributed by atoms with Gasteiger partial charge >= 0.3 is 0 Å². The van der Waals surface area contributed by atoms with Gasteiger partial charge in [0.1, 0.15) is 0 Å². The number of carbonyl (C=O) groups is 1. The highest BCUT2D eigenvalue weighted by molar-refractivity contribution is 5.92. The number of aliphatic imine (C=N–C) groups is 1. The number of hydrogen-bond donors (Lipinski definition) is 3. The van der Waals surface area contributed by atoms with Crippen LogP contribution in [-0.4, -0.2) is 64.2 Å². The molecule has 0 saturated heterocycles. The van der Waals surface area contributed by atoms with Gasteiger partial charge in [-0.2, -0.15) is 0 Å². The Labute approximate surface area is 169 Å². The number of rotatable bonds is 12. The fourth-order valence-electron chi connectivity index (χ4n) is 2.57. The van der Waals surface area contributed by atoms with Gasteiger partial charge in [0.15, 0.2) is 5.96 Å². The number of methoxy groups -OCH3 is 1. The fraction of sp³-hybridized carbons (Fsp3) is 0.619. The summed E-state index contributed by atoms with van der Waals surface area (Å²) in [6, 6.07) is 7.89. The molecule has 0 aliphatic heterocycles. The van der Waals surface area contributed by atoms with Crippen LogP contribution in [0.4, 0.5) is 5.69 Å². The Morgan fingerprint density at radius 1 is 1.29 bits per heavy atom. The van der Waals surface area contributed by atoms with E-state index in [1.165, 1.54) is 0 Å². The summed E-state index contributed by atoms with van der Waals surface area (Å²) in [5.74, 6) is 0.830. The highest BCUT2D eigenvalue weighted by Gasteiger charge is 2.10. The zero-order valence-electron chi connectivity index (χ0n) is 18.0. The van der Waals surface area contributed by atoms with Gasteiger partial charge in [0, 0.05) is 58.5 Å². The third-order valence-electron chi connectivity index (χ3n) is 4.61. The number of ether oxygens (including phenoxy) is 1. The van der Waals surface area contributed by atoms with Crippen molar-refractivity contribution < 1.29 is 9.53 Å². The van der Waals surface area contributed by atoms with Gasteiger partial charge in [-0.25, -0.2) is 0 Å². The predicted octanol–water partition coefficient (Wildman–Crippen LogP) is 2.30. The molecule has 7 nitrogen and oxygen atoms in total. The van der Waals surface area contributed by atoms with Crippen molar-refractivity contribution in [3.63, 3.8) is 0 Å². The maximum atomic E-state index is 12.1. The minimum atomic E-state index is 0.0115. The zero-order valence-corrected chi connectivity index (χ0v) is 18.0. The van der Waals surface area contributed by atoms with Crippen LogP contribution in [0.25, 0.3) is 0 Å². The third kappa shape index (κ3) is 9.71. The molecular formula is C21H37N5O2. The first-order valence-corrected chi connectivity index (χ1v) is 10.0. The summed E-state index contributed by atoms with van der Waals surface area (Å²) in [5.41, 5.74) is 1.91. The largest absolute Gasteiger partial charge is 0.385 e. The number of hydrogen-bond acceptors (Lipinski definition) is 4. The molecule has 0 saturated carbocycles. The molecule has 158 valence electrons. The van der Waals surface area contributed by atoms with Crippen LogP contribution in [0.15, 0.2) is 29.3 Å². The lowest BCUT2D eigenvalue weighted by Gasteiger charge is -2.18. The molecule has 1 atom stereocenters. The number of anilines is 1. The van der Waals surface area contributed by atoms with Gasteiger partial charge in [-0.15, -0.1) is 0 Å². The predicted molar refractivity (Wildman–Crippen MR) is 117 cm³/mol. The number of amides is 1. The molecule has 0 aromatic heterocycles. The van der Waals surface area contributed by atoms with Gasteiger partial charge in [0.25, 0.3) is 0 Å². The minimum absolute atomic E-state index is 0.0115. The van der Waals surface area contributed by atoms with Crippen LogP contribution in [0.1, 0.15) is 32.3 Å². The molecule has 1 unspecified atom stereocenters. The summed E-state index contributed by atoms with van der Waals surface area (Å²) in [6.07, 6.45) is 1.86. The summed E-state index contributed by atoms with van der Waals surface area (Å²) in [7, 11) is 5.60. The lowest BCUT2D eigenvalue weighted by molar-refractivity contribution is -0.119. The van der Waals surface area contributed by atoms with Crippen LogP contribution in [0.3, 0.4) is 0 Å². The highest BCUT2D eigenvalue weighted by atomic mass is 16.5. The number of guanidine groups is 1. The van der Waals surface area contributed by atoms with Crippen molar-refractivity contribution in [2.45, 2.75) is 33.2 Å². The SMILES string of the molecule is CCC(C)C(=O)Nc1cccc(CNC(=NC)NCCN(C)CCCOC)c1. The van der Waals surface area contributed by atoms with Crippen LogP contribution >= 0.6 is 0 Å². The molecule has 0 radical (unpaired) electrons. The zero-order chi connectivity index (χ0) is 20.8. The van der Waals surface area contributed by atoms with Gasteiger partial charge in [-0.3, -0.25) is 9.79 Å². The van der Waals surface area contributed by atoms with Crippen molar-refractivity contribution >= 4 is 17.6 Å². The molecular weight excluding hydrogens is 354 g/mol. The average molecular weight is 392 g/mol. The van der Waals surface area contributed by atoms with Crippen molar-refractivity contribution in [3.8, 4) is 0 Å². The van der Waals surface area contributed by atoms with E-state index in [2.05, 4.69) is 32.9 Å². The second-order valence-corrected chi connectivity index (χ2v) is 7.00. The van der Waals surface area contributed by atoms with E-state index in [0.29, 0.717) is 6.54 Å². The van der Waals surface area contributed by atoms with Crippen molar-refractivity contribution in [1.29, 1.82) is 0 Å². The summed E-state index contributed by atoms with van der Waals surface area (Å²) in [6.45, 7) is 8.13. The van der Waals surface area contributed by atoms with E-state index in [1.807, 2.05) is 38.1 Å². The molecule has 0 fully saturated rings. The third-order valence-corrected chi connectivity index (χ3v) is 4.61. The topological polar surface area (TPSA) is 78.0 Å². The molecule has 0 aliphatic rings. The van der Waals surface area contributed by atoms with E-state index >= 15 is 0 Å². The second kappa shape index (κ2) is 14.0. The van der Waals surface area contributed by atoms with Crippen LogP contribution in [-0.2, 0) is 16.1 Å². The minimum Gasteiger partial charge on any atom is -0.385 e. The molecule has 0 aliphatic carbocycles. The molecule has 3 N–H and O–H groups in total. The first-order valence-electron chi connectivity index (χ1n) is 10.0. The molecule has 28 heavy (non-hydrogen) atoms. The average Bonchev–Trinajstić information content (AvgIpc) is 2.70. The molecule has 0 spiro atoms. The Bertz CT molecular complexity index is 606. The Morgan fingerprint density at radius 2 is 2.07 bits per heavy atom. The van der Waals surface area contributed by atoms with Crippen molar-refractivity contribution in [1.82, 2.24) is 15.5 Å². The molecule has 1 aromatic rings. The number of likely N-dealkylation sites (N-methyl/N-ethyl adjacent to an activating group) is 1. The van der Waals surface area contributed by atoms with E-state index in [9.17, 15) is 4.79 Å². The smallest absolute Gasteiger partial charge is 0.227 e. The summed E-state index contributed by atoms with van der Waals surface area (Å²) < 4.78 is 5.08. The first kappa shape index (κ1) is 23.9. The van der Waals surface area contributed by atoms with Gasteiger partial charge in [-0.1, -0.05) is 26.0 Å². The summed E-state index contributed by atoms with van der Waals surface area (Å²) in [4.78, 5) is 18.6. The second-order valence-electron chi connectivity index (χ2n) is 7.00. The van der Waals surface area contributed by atoms with Crippen LogP contribution in [0, 0.1) is 5.92 Å². The van der Waals surface area contributed by atoms with E-state index < -0.39 is 0 Å². The fourth-order valence-corrected chi connectivity index (χ4v) is 2.57. The summed E-state index contributed by atoms with van der Waals surface area (Å²) in [5, 5.41) is 9.62. The normalized spacial score (nSPS) is 12.7. The van der Waals surface area contributed by atoms with Gasteiger partial charge in [0.05, 0.1) is 0 Å². The van der Waals surface area contributed by atoms with Gasteiger partial charge < -0.3 is 25.6 Å². The Kier molecular flexibility index (Phi) is 11.9. The molecule has 1 amide bonds. The molecule has 7 heteroatoms. The lowest BCUT2D eigenvalue weighted by Crippen LogP contribution is -2.40. The molecule has 0 bridgehead atoms. The number of nitrogens with zero attached hydrogens (tertiary/aromatic N) is 2. The highest BCUT2D eigenvalue weighted by Crippen LogP contribution is 2.13. The number of nitrogens with one attached hydrogen (secondary N) is 3. The summed E-state index contributed by atoms with van der Waals surface area (Å²) >= 11 is 0. The molecule has 0 heterocycles. The molecule has 1 rings (SSSR count). The number of carbonyl (C=O) groups excluding carboxylic acids is 1. The van der Waals surface area contributed by atoms with Crippen molar-refractivity contribution in [2.75, 3.05) is 52.8 Å². The van der Waals surface area contributed by atoms with E-state index in [4.69, 9.17) is 4.74 Å². The van der Waals surface area contributed by atoms with E-state index in [1.54, 1.807) is 14.2 Å². The van der Waals surface area contributed by atoms with E-state index in [0.717, 1.165) is 56.3 Å². The van der Waals surface area contributed by atoms with Gasteiger partial charge in [0.2, 0.25) is 5.91 Å². The quantitative estimate of drug-likeness (QED) is 0.290. The van der Waals surface area contributed by atoms with Gasteiger partial charge in [-0.05, 0) is 37.6 Å². The monoisotopic (exact) mass is 391 g/mol.